The van der Waals surface area contributed by atoms with Crippen molar-refractivity contribution in [2.24, 2.45) is 0 Å². The van der Waals surface area contributed by atoms with Crippen molar-refractivity contribution in [3.8, 4) is 0 Å². The van der Waals surface area contributed by atoms with Crippen molar-refractivity contribution >= 4 is 56.5 Å². The Morgan fingerprint density at radius 3 is 2.25 bits per heavy atom. The number of amides is 2. The van der Waals surface area contributed by atoms with Crippen LogP contribution in [0.5, 0.6) is 0 Å². The van der Waals surface area contributed by atoms with Gasteiger partial charge in [0.1, 0.15) is 17.4 Å². The van der Waals surface area contributed by atoms with Crippen molar-refractivity contribution in [3.63, 3.8) is 0 Å². The molecule has 1 aromatic heterocycles. The summed E-state index contributed by atoms with van der Waals surface area (Å²) in [5.74, 6) is -0.0741. The number of hydrogen-bond acceptors (Lipinski definition) is 4. The number of halogens is 2. The first-order valence-electron chi connectivity index (χ1n) is 11.1. The van der Waals surface area contributed by atoms with Crippen LogP contribution in [-0.2, 0) is 4.79 Å². The van der Waals surface area contributed by atoms with Crippen molar-refractivity contribution in [1.29, 1.82) is 0 Å². The Hall–Kier alpha value is -3.88. The van der Waals surface area contributed by atoms with Crippen LogP contribution in [-0.4, -0.2) is 21.6 Å². The quantitative estimate of drug-likeness (QED) is 0.260. The van der Waals surface area contributed by atoms with Crippen molar-refractivity contribution in [2.45, 2.75) is 13.0 Å². The fourth-order valence-corrected chi connectivity index (χ4v) is 4.51. The zero-order valence-electron chi connectivity index (χ0n) is 19.1. The molecule has 0 spiro atoms. The zero-order valence-corrected chi connectivity index (χ0v) is 21.5. The molecule has 180 valence electrons. The second-order valence-corrected chi connectivity index (χ2v) is 9.60. The maximum atomic E-state index is 13.5. The lowest BCUT2D eigenvalue weighted by atomic mass is 9.94. The highest BCUT2D eigenvalue weighted by atomic mass is 79.9. The van der Waals surface area contributed by atoms with Gasteiger partial charge in [-0.2, -0.15) is 5.10 Å². The number of carbonyl (C=O) groups is 2. The van der Waals surface area contributed by atoms with Crippen molar-refractivity contribution in [3.05, 3.63) is 117 Å². The molecule has 0 saturated carbocycles. The number of para-hydroxylation sites is 1. The lowest BCUT2D eigenvalue weighted by Gasteiger charge is -2.30. The number of aromatic nitrogens is 2. The summed E-state index contributed by atoms with van der Waals surface area (Å²) in [5, 5.41) is 14.2. The van der Waals surface area contributed by atoms with Gasteiger partial charge in [0.2, 0.25) is 0 Å². The topological polar surface area (TPSA) is 88.0 Å². The van der Waals surface area contributed by atoms with E-state index in [0.29, 0.717) is 39.0 Å². The number of rotatable bonds is 5. The normalized spacial score (nSPS) is 14.6. The molecule has 1 aliphatic heterocycles. The number of carbonyl (C=O) groups excluding carboxylic acids is 2. The van der Waals surface area contributed by atoms with E-state index < -0.39 is 6.04 Å². The second kappa shape index (κ2) is 10.0. The third-order valence-electron chi connectivity index (χ3n) is 5.83. The van der Waals surface area contributed by atoms with E-state index in [1.807, 2.05) is 61.5 Å². The molecule has 1 aliphatic rings. The van der Waals surface area contributed by atoms with Crippen LogP contribution in [0.2, 0.25) is 5.02 Å². The molecule has 4 aromatic rings. The molecule has 9 heteroatoms. The van der Waals surface area contributed by atoms with Crippen LogP contribution in [0.4, 0.5) is 17.2 Å². The van der Waals surface area contributed by atoms with Gasteiger partial charge < -0.3 is 16.0 Å². The summed E-state index contributed by atoms with van der Waals surface area (Å²) < 4.78 is 2.59. The van der Waals surface area contributed by atoms with Crippen LogP contribution in [0, 0.1) is 0 Å². The van der Waals surface area contributed by atoms with Gasteiger partial charge in [-0.3, -0.25) is 9.59 Å². The molecule has 0 unspecified atom stereocenters. The molecule has 0 radical (unpaired) electrons. The predicted molar refractivity (Wildman–Crippen MR) is 145 cm³/mol. The van der Waals surface area contributed by atoms with E-state index >= 15 is 0 Å². The van der Waals surface area contributed by atoms with E-state index in [9.17, 15) is 9.59 Å². The third kappa shape index (κ3) is 4.78. The Balaban J connectivity index is 1.54. The number of anilines is 3. The van der Waals surface area contributed by atoms with Gasteiger partial charge in [-0.15, -0.1) is 0 Å². The first-order valence-corrected chi connectivity index (χ1v) is 12.3. The minimum atomic E-state index is -0.556. The van der Waals surface area contributed by atoms with E-state index in [1.54, 1.807) is 28.9 Å². The third-order valence-corrected chi connectivity index (χ3v) is 6.61. The fraction of sp³-hybridized carbons (Fsp3) is 0.0741. The smallest absolute Gasteiger partial charge is 0.261 e. The van der Waals surface area contributed by atoms with Crippen LogP contribution in [0.15, 0.2) is 101 Å². The fourth-order valence-electron chi connectivity index (χ4n) is 4.12. The first-order chi connectivity index (χ1) is 17.4. The Kier molecular flexibility index (Phi) is 6.63. The zero-order chi connectivity index (χ0) is 25.2. The molecule has 36 heavy (non-hydrogen) atoms. The number of nitrogens with zero attached hydrogens (tertiary/aromatic N) is 2. The van der Waals surface area contributed by atoms with Gasteiger partial charge in [-0.05, 0) is 61.0 Å². The molecule has 0 aliphatic carbocycles. The Labute approximate surface area is 221 Å². The monoisotopic (exact) mass is 561 g/mol. The highest BCUT2D eigenvalue weighted by molar-refractivity contribution is 9.10. The molecule has 0 bridgehead atoms. The van der Waals surface area contributed by atoms with Gasteiger partial charge in [0.05, 0.1) is 11.8 Å². The van der Waals surface area contributed by atoms with Crippen LogP contribution in [0.3, 0.4) is 0 Å². The number of hydrogen-bond donors (Lipinski definition) is 3. The van der Waals surface area contributed by atoms with Gasteiger partial charge in [0, 0.05) is 26.6 Å². The van der Waals surface area contributed by atoms with Crippen molar-refractivity contribution < 1.29 is 9.59 Å². The highest BCUT2D eigenvalue weighted by Crippen LogP contribution is 2.38. The van der Waals surface area contributed by atoms with Crippen molar-refractivity contribution in [2.75, 3.05) is 16.0 Å². The largest absolute Gasteiger partial charge is 0.343 e. The summed E-state index contributed by atoms with van der Waals surface area (Å²) in [6.07, 6.45) is 1.51. The minimum Gasteiger partial charge on any atom is -0.343 e. The molecule has 7 nitrogen and oxygen atoms in total. The van der Waals surface area contributed by atoms with Gasteiger partial charge in [-0.1, -0.05) is 57.9 Å². The molecule has 3 aromatic carbocycles. The maximum Gasteiger partial charge on any atom is 0.261 e. The van der Waals surface area contributed by atoms with E-state index in [2.05, 4.69) is 37.0 Å². The summed E-state index contributed by atoms with van der Waals surface area (Å²) in [6, 6.07) is 23.3. The lowest BCUT2D eigenvalue weighted by molar-refractivity contribution is -0.113. The van der Waals surface area contributed by atoms with Crippen molar-refractivity contribution in [1.82, 2.24) is 9.78 Å². The number of allylic oxidation sites excluding steroid dienone is 1. The number of benzene rings is 3. The van der Waals surface area contributed by atoms with Crippen LogP contribution >= 0.6 is 27.5 Å². The molecule has 2 amide bonds. The lowest BCUT2D eigenvalue weighted by Crippen LogP contribution is -2.32. The molecule has 0 saturated heterocycles. The second-order valence-electron chi connectivity index (χ2n) is 8.25. The summed E-state index contributed by atoms with van der Waals surface area (Å²) >= 11 is 9.46. The van der Waals surface area contributed by atoms with Crippen LogP contribution in [0.1, 0.15) is 28.9 Å². The molecule has 3 N–H and O–H groups in total. The summed E-state index contributed by atoms with van der Waals surface area (Å²) in [7, 11) is 0. The average molecular weight is 563 g/mol. The Bertz CT molecular complexity index is 1460. The van der Waals surface area contributed by atoms with Gasteiger partial charge >= 0.3 is 0 Å². The highest BCUT2D eigenvalue weighted by Gasteiger charge is 2.35. The number of nitrogens with one attached hydrogen (secondary N) is 3. The molecule has 1 atom stereocenters. The van der Waals surface area contributed by atoms with Gasteiger partial charge in [0.15, 0.2) is 0 Å². The maximum absolute atomic E-state index is 13.5. The van der Waals surface area contributed by atoms with E-state index in [4.69, 9.17) is 11.6 Å². The summed E-state index contributed by atoms with van der Waals surface area (Å²) in [6.45, 7) is 1.82. The van der Waals surface area contributed by atoms with Gasteiger partial charge in [0.25, 0.3) is 11.8 Å². The summed E-state index contributed by atoms with van der Waals surface area (Å²) in [5.41, 5.74) is 3.62. The molecular weight excluding hydrogens is 542 g/mol. The molecule has 5 rings (SSSR count). The first kappa shape index (κ1) is 23.8. The minimum absolute atomic E-state index is 0.285. The molecular formula is C27H21BrClN5O2. The number of fused-ring (bicyclic) bond motifs is 1. The molecule has 2 heterocycles. The van der Waals surface area contributed by atoms with Crippen LogP contribution < -0.4 is 16.0 Å². The average Bonchev–Trinajstić information content (AvgIpc) is 3.29. The van der Waals surface area contributed by atoms with Crippen LogP contribution in [0.25, 0.3) is 0 Å². The summed E-state index contributed by atoms with van der Waals surface area (Å²) in [4.78, 5) is 26.6. The van der Waals surface area contributed by atoms with E-state index in [-0.39, 0.29) is 11.8 Å². The molecule has 0 fully saturated rings. The van der Waals surface area contributed by atoms with E-state index in [0.717, 1.165) is 10.0 Å². The SMILES string of the molecule is CC1=C(C(=O)Nc2ccc(Cl)cc2)[C@@H](c2ccc(Br)cc2)n2ncc(C(=O)Nc3ccccc3)c2N1. The Morgan fingerprint density at radius 2 is 1.56 bits per heavy atom. The predicted octanol–water partition coefficient (Wildman–Crippen LogP) is 6.48. The van der Waals surface area contributed by atoms with Gasteiger partial charge in [-0.25, -0.2) is 4.68 Å². The standard InChI is InChI=1S/C27H21BrClN5O2/c1-16-23(27(36)33-21-13-11-19(29)12-14-21)24(17-7-9-18(28)10-8-17)34-25(31-16)22(15-30-34)26(35)32-20-5-3-2-4-6-20/h2-15,24,31H,1H3,(H,32,35)(H,33,36)/t24-/m1/s1. The Morgan fingerprint density at radius 1 is 0.917 bits per heavy atom. The van der Waals surface area contributed by atoms with E-state index in [1.165, 1.54) is 6.20 Å².